The van der Waals surface area contributed by atoms with Crippen molar-refractivity contribution in [3.8, 4) is 0 Å². The van der Waals surface area contributed by atoms with Gasteiger partial charge in [-0.05, 0) is 61.8 Å². The number of likely N-dealkylation sites (tertiary alicyclic amines) is 1. The van der Waals surface area contributed by atoms with Crippen molar-refractivity contribution < 1.29 is 23.9 Å². The summed E-state index contributed by atoms with van der Waals surface area (Å²) in [4.78, 5) is 52.6. The number of hydrogen-bond donors (Lipinski definition) is 1. The fourth-order valence-corrected chi connectivity index (χ4v) is 5.14. The maximum absolute atomic E-state index is 13.2. The first-order valence-electron chi connectivity index (χ1n) is 10.9. The molecule has 1 saturated heterocycles. The highest BCUT2D eigenvalue weighted by Gasteiger charge is 2.61. The molecule has 1 saturated carbocycles. The van der Waals surface area contributed by atoms with Crippen LogP contribution in [0.3, 0.4) is 0 Å². The van der Waals surface area contributed by atoms with Crippen LogP contribution in [-0.4, -0.2) is 41.2 Å². The molecule has 1 N–H and O–H groups in total. The number of carbonyl (C=O) groups is 4. The van der Waals surface area contributed by atoms with Crippen molar-refractivity contribution in [2.45, 2.75) is 39.7 Å². The van der Waals surface area contributed by atoms with Gasteiger partial charge < -0.3 is 10.1 Å². The normalized spacial score (nSPS) is 27.0. The summed E-state index contributed by atoms with van der Waals surface area (Å²) in [6.45, 7) is 5.94. The third-order valence-corrected chi connectivity index (χ3v) is 6.48. The van der Waals surface area contributed by atoms with Crippen LogP contribution in [0.2, 0.25) is 0 Å². The second-order valence-electron chi connectivity index (χ2n) is 8.98. The van der Waals surface area contributed by atoms with Gasteiger partial charge in [-0.3, -0.25) is 19.3 Å². The zero-order chi connectivity index (χ0) is 22.3. The van der Waals surface area contributed by atoms with E-state index < -0.39 is 12.0 Å². The average Bonchev–Trinajstić information content (AvgIpc) is 3.41. The van der Waals surface area contributed by atoms with Crippen LogP contribution in [0.5, 0.6) is 0 Å². The quantitative estimate of drug-likeness (QED) is 0.413. The van der Waals surface area contributed by atoms with Crippen LogP contribution in [0, 0.1) is 29.6 Å². The number of fused-ring (bicyclic) bond motifs is 5. The van der Waals surface area contributed by atoms with Gasteiger partial charge in [-0.25, -0.2) is 4.79 Å². The van der Waals surface area contributed by atoms with Gasteiger partial charge in [0, 0.05) is 5.69 Å². The number of allylic oxidation sites excluding steroid dienone is 2. The van der Waals surface area contributed by atoms with E-state index in [9.17, 15) is 19.2 Å². The maximum atomic E-state index is 13.2. The van der Waals surface area contributed by atoms with Crippen molar-refractivity contribution >= 4 is 29.4 Å². The van der Waals surface area contributed by atoms with Crippen LogP contribution in [0.4, 0.5) is 5.69 Å². The molecule has 164 valence electrons. The minimum Gasteiger partial charge on any atom is -0.462 e. The Morgan fingerprint density at radius 1 is 1.06 bits per heavy atom. The van der Waals surface area contributed by atoms with Crippen LogP contribution in [-0.2, 0) is 19.1 Å². The van der Waals surface area contributed by atoms with Gasteiger partial charge in [0.15, 0.2) is 0 Å². The highest BCUT2D eigenvalue weighted by molar-refractivity contribution is 6.10. The van der Waals surface area contributed by atoms with E-state index in [4.69, 9.17) is 4.74 Å². The van der Waals surface area contributed by atoms with E-state index in [0.717, 1.165) is 6.42 Å². The second kappa shape index (κ2) is 8.29. The Labute approximate surface area is 181 Å². The van der Waals surface area contributed by atoms with Gasteiger partial charge in [-0.2, -0.15) is 0 Å². The lowest BCUT2D eigenvalue weighted by atomic mass is 9.85. The molecule has 31 heavy (non-hydrogen) atoms. The number of nitrogens with zero attached hydrogens (tertiary/aromatic N) is 1. The van der Waals surface area contributed by atoms with E-state index >= 15 is 0 Å². The number of hydrogen-bond acceptors (Lipinski definition) is 5. The number of carbonyl (C=O) groups excluding carboxylic acids is 4. The summed E-state index contributed by atoms with van der Waals surface area (Å²) in [6.07, 6.45) is 5.34. The van der Waals surface area contributed by atoms with Crippen LogP contribution >= 0.6 is 0 Å². The third kappa shape index (κ3) is 3.77. The molecule has 1 aromatic carbocycles. The SMILES string of the molecule is CCOC(=O)c1ccc(NC(=O)[C@@H](CC(C)C)N2C(=O)[C@@H]3[C@@H](C2=O)[C@H]2C=C[C@@H]3C2)cc1. The minimum atomic E-state index is -0.852. The number of imide groups is 1. The van der Waals surface area contributed by atoms with E-state index in [2.05, 4.69) is 5.32 Å². The van der Waals surface area contributed by atoms with Gasteiger partial charge in [-0.1, -0.05) is 26.0 Å². The fraction of sp³-hybridized carbons (Fsp3) is 0.500. The first-order chi connectivity index (χ1) is 14.8. The van der Waals surface area contributed by atoms with Gasteiger partial charge >= 0.3 is 5.97 Å². The first-order valence-corrected chi connectivity index (χ1v) is 10.9. The van der Waals surface area contributed by atoms with Crippen molar-refractivity contribution in [3.05, 3.63) is 42.0 Å². The van der Waals surface area contributed by atoms with E-state index in [1.807, 2.05) is 26.0 Å². The fourth-order valence-electron chi connectivity index (χ4n) is 5.14. The molecule has 1 aromatic rings. The van der Waals surface area contributed by atoms with Gasteiger partial charge in [0.25, 0.3) is 0 Å². The van der Waals surface area contributed by atoms with Crippen molar-refractivity contribution in [2.24, 2.45) is 29.6 Å². The summed E-state index contributed by atoms with van der Waals surface area (Å²) in [5.41, 5.74) is 0.882. The zero-order valence-electron chi connectivity index (χ0n) is 18.0. The van der Waals surface area contributed by atoms with E-state index in [1.165, 1.54) is 4.90 Å². The molecule has 0 aromatic heterocycles. The molecule has 3 amide bonds. The molecular weight excluding hydrogens is 396 g/mol. The van der Waals surface area contributed by atoms with Crippen molar-refractivity contribution in [1.29, 1.82) is 0 Å². The molecule has 4 rings (SSSR count). The average molecular weight is 424 g/mol. The smallest absolute Gasteiger partial charge is 0.338 e. The lowest BCUT2D eigenvalue weighted by Gasteiger charge is -2.28. The molecule has 2 bridgehead atoms. The number of anilines is 1. The van der Waals surface area contributed by atoms with E-state index in [-0.39, 0.29) is 53.9 Å². The lowest BCUT2D eigenvalue weighted by Crippen LogP contribution is -2.49. The highest BCUT2D eigenvalue weighted by Crippen LogP contribution is 2.53. The molecule has 3 aliphatic rings. The topological polar surface area (TPSA) is 92.8 Å². The molecule has 2 fully saturated rings. The van der Waals surface area contributed by atoms with Crippen LogP contribution in [0.15, 0.2) is 36.4 Å². The lowest BCUT2D eigenvalue weighted by molar-refractivity contribution is -0.147. The molecule has 7 heteroatoms. The molecule has 0 unspecified atom stereocenters. The molecule has 0 spiro atoms. The Morgan fingerprint density at radius 3 is 2.16 bits per heavy atom. The molecule has 2 aliphatic carbocycles. The van der Waals surface area contributed by atoms with Gasteiger partial charge in [0.2, 0.25) is 17.7 Å². The number of rotatable bonds is 7. The molecule has 1 heterocycles. The highest BCUT2D eigenvalue weighted by atomic mass is 16.5. The summed E-state index contributed by atoms with van der Waals surface area (Å²) < 4.78 is 4.97. The number of benzene rings is 1. The summed E-state index contributed by atoms with van der Waals surface area (Å²) >= 11 is 0. The number of amides is 3. The summed E-state index contributed by atoms with van der Waals surface area (Å²) in [6, 6.07) is 5.53. The third-order valence-electron chi connectivity index (χ3n) is 6.48. The first kappa shape index (κ1) is 21.3. The maximum Gasteiger partial charge on any atom is 0.338 e. The van der Waals surface area contributed by atoms with Gasteiger partial charge in [0.1, 0.15) is 6.04 Å². The van der Waals surface area contributed by atoms with Crippen molar-refractivity contribution in [2.75, 3.05) is 11.9 Å². The van der Waals surface area contributed by atoms with Gasteiger partial charge in [0.05, 0.1) is 24.0 Å². The van der Waals surface area contributed by atoms with Gasteiger partial charge in [-0.15, -0.1) is 0 Å². The van der Waals surface area contributed by atoms with Crippen LogP contribution in [0.1, 0.15) is 44.0 Å². The molecule has 7 nitrogen and oxygen atoms in total. The zero-order valence-corrected chi connectivity index (χ0v) is 18.0. The molecule has 0 radical (unpaired) electrons. The Balaban J connectivity index is 1.52. The number of nitrogens with one attached hydrogen (secondary N) is 1. The monoisotopic (exact) mass is 424 g/mol. The summed E-state index contributed by atoms with van der Waals surface area (Å²) in [7, 11) is 0. The van der Waals surface area contributed by atoms with Crippen molar-refractivity contribution in [3.63, 3.8) is 0 Å². The summed E-state index contributed by atoms with van der Waals surface area (Å²) in [5, 5.41) is 2.81. The Morgan fingerprint density at radius 2 is 1.65 bits per heavy atom. The predicted octanol–water partition coefficient (Wildman–Crippen LogP) is 3.02. The molecule has 5 atom stereocenters. The standard InChI is InChI=1S/C24H28N2O5/c1-4-31-24(30)14-7-9-17(10-8-14)25-21(27)18(11-13(2)3)26-22(28)19-15-5-6-16(12-15)20(19)23(26)29/h5-10,13,15-16,18-20H,4,11-12H2,1-3H3,(H,25,27)/t15-,16+,18-,19+,20+/m1/s1. The Kier molecular flexibility index (Phi) is 5.69. The second-order valence-corrected chi connectivity index (χ2v) is 8.98. The molecular formula is C24H28N2O5. The summed E-state index contributed by atoms with van der Waals surface area (Å²) in [5.74, 6) is -1.57. The van der Waals surface area contributed by atoms with E-state index in [0.29, 0.717) is 17.7 Å². The molecule has 1 aliphatic heterocycles. The Bertz CT molecular complexity index is 906. The van der Waals surface area contributed by atoms with Crippen molar-refractivity contribution in [1.82, 2.24) is 4.90 Å². The van der Waals surface area contributed by atoms with E-state index in [1.54, 1.807) is 31.2 Å². The number of ether oxygens (including phenoxy) is 1. The predicted molar refractivity (Wildman–Crippen MR) is 114 cm³/mol. The largest absolute Gasteiger partial charge is 0.462 e. The number of esters is 1. The minimum absolute atomic E-state index is 0.106. The van der Waals surface area contributed by atoms with Crippen LogP contribution in [0.25, 0.3) is 0 Å². The Hall–Kier alpha value is -2.96. The van der Waals surface area contributed by atoms with Crippen LogP contribution < -0.4 is 5.32 Å².